The Bertz CT molecular complexity index is 1450. The van der Waals surface area contributed by atoms with Gasteiger partial charge in [-0.15, -0.1) is 11.3 Å². The van der Waals surface area contributed by atoms with E-state index < -0.39 is 0 Å². The second-order valence-electron chi connectivity index (χ2n) is 11.2. The normalized spacial score (nSPS) is 19.6. The fourth-order valence-electron chi connectivity index (χ4n) is 5.54. The number of nitrogens with two attached hydrogens (primary N) is 1. The van der Waals surface area contributed by atoms with E-state index in [-0.39, 0.29) is 30.1 Å². The molecule has 2 aliphatic rings. The molecule has 40 heavy (non-hydrogen) atoms. The fraction of sp³-hybridized carbons (Fsp3) is 0.433. The smallest absolute Gasteiger partial charge is 0.331 e. The number of aromatic nitrogens is 1. The van der Waals surface area contributed by atoms with E-state index in [0.29, 0.717) is 27.0 Å². The molecule has 3 aromatic rings. The van der Waals surface area contributed by atoms with Crippen molar-refractivity contribution < 1.29 is 14.3 Å². The lowest BCUT2D eigenvalue weighted by Gasteiger charge is -2.29. The summed E-state index contributed by atoms with van der Waals surface area (Å²) in [5.41, 5.74) is 9.30. The zero-order chi connectivity index (χ0) is 28.6. The monoisotopic (exact) mass is 562 g/mol. The molecule has 0 radical (unpaired) electrons. The van der Waals surface area contributed by atoms with Crippen LogP contribution in [0.5, 0.6) is 5.75 Å². The molecule has 1 unspecified atom stereocenters. The SMILES string of the molecule is Cc1cc(OC(C)C)ccc1N1C(=O)Nc2c(C(=O)N[C@H]3CC[C@@H](C(N)/C=C/CN(C)C)C3)sc3nccc1c23. The van der Waals surface area contributed by atoms with Crippen LogP contribution in [0.25, 0.3) is 10.2 Å². The summed E-state index contributed by atoms with van der Waals surface area (Å²) in [7, 11) is 4.05. The molecule has 1 aromatic carbocycles. The van der Waals surface area contributed by atoms with Crippen molar-refractivity contribution in [3.63, 3.8) is 0 Å². The maximum absolute atomic E-state index is 13.5. The molecule has 2 aromatic heterocycles. The third kappa shape index (κ3) is 5.70. The Balaban J connectivity index is 1.36. The minimum Gasteiger partial charge on any atom is -0.491 e. The Kier molecular flexibility index (Phi) is 8.11. The van der Waals surface area contributed by atoms with Crippen molar-refractivity contribution in [2.45, 2.75) is 58.2 Å². The average Bonchev–Trinajstić information content (AvgIpc) is 3.50. The van der Waals surface area contributed by atoms with E-state index in [1.165, 1.54) is 11.3 Å². The first kappa shape index (κ1) is 28.1. The second-order valence-corrected chi connectivity index (χ2v) is 12.2. The zero-order valence-electron chi connectivity index (χ0n) is 23.7. The molecule has 1 fully saturated rings. The molecule has 1 aliphatic carbocycles. The number of nitrogens with one attached hydrogen (secondary N) is 2. The number of likely N-dealkylation sites (N-methyl/N-ethyl adjacent to an activating group) is 1. The van der Waals surface area contributed by atoms with Crippen molar-refractivity contribution in [1.29, 1.82) is 0 Å². The molecule has 3 heterocycles. The number of nitrogens with zero attached hydrogens (tertiary/aromatic N) is 3. The minimum absolute atomic E-state index is 0.0289. The molecule has 0 bridgehead atoms. The van der Waals surface area contributed by atoms with Crippen molar-refractivity contribution >= 4 is 50.6 Å². The van der Waals surface area contributed by atoms with Gasteiger partial charge in [0, 0.05) is 24.8 Å². The third-order valence-corrected chi connectivity index (χ3v) is 8.51. The van der Waals surface area contributed by atoms with Gasteiger partial charge in [0.05, 0.1) is 28.6 Å². The summed E-state index contributed by atoms with van der Waals surface area (Å²) in [4.78, 5) is 36.4. The second kappa shape index (κ2) is 11.6. The summed E-state index contributed by atoms with van der Waals surface area (Å²) in [5.74, 6) is 0.890. The first-order valence-corrected chi connectivity index (χ1v) is 14.6. The number of pyridine rings is 1. The van der Waals surface area contributed by atoms with E-state index in [1.54, 1.807) is 11.1 Å². The summed E-state index contributed by atoms with van der Waals surface area (Å²) in [5, 5.41) is 6.97. The molecule has 0 saturated heterocycles. The molecule has 9 nitrogen and oxygen atoms in total. The van der Waals surface area contributed by atoms with Gasteiger partial charge in [0.25, 0.3) is 5.91 Å². The summed E-state index contributed by atoms with van der Waals surface area (Å²) < 4.78 is 5.82. The number of thiophene rings is 1. The number of rotatable bonds is 9. The Morgan fingerprint density at radius 3 is 2.83 bits per heavy atom. The van der Waals surface area contributed by atoms with Crippen LogP contribution >= 0.6 is 11.3 Å². The zero-order valence-corrected chi connectivity index (χ0v) is 24.5. The highest BCUT2D eigenvalue weighted by Gasteiger charge is 2.35. The fourth-order valence-corrected chi connectivity index (χ4v) is 6.56. The number of aryl methyl sites for hydroxylation is 1. The van der Waals surface area contributed by atoms with Crippen LogP contribution < -0.4 is 26.0 Å². The molecular formula is C30H38N6O3S. The standard InChI is InChI=1S/C30H38N6O3S/c1-17(2)39-21-10-11-23(18(3)15-21)36-24-12-13-32-29-25(24)26(34-30(36)38)27(40-29)28(37)33-20-9-8-19(16-20)22(31)7-6-14-35(4)5/h6-7,10-13,15,17,19-20,22H,8-9,14,16,31H2,1-5H3,(H,33,37)(H,34,38)/b7-6+/t19-,20+,22?/m1/s1. The van der Waals surface area contributed by atoms with Crippen molar-refractivity contribution in [3.05, 3.63) is 53.1 Å². The Morgan fingerprint density at radius 1 is 1.30 bits per heavy atom. The number of benzene rings is 1. The van der Waals surface area contributed by atoms with Gasteiger partial charge >= 0.3 is 6.03 Å². The molecule has 1 aliphatic heterocycles. The molecule has 5 rings (SSSR count). The highest BCUT2D eigenvalue weighted by Crippen LogP contribution is 2.46. The number of hydrogen-bond donors (Lipinski definition) is 3. The molecule has 10 heteroatoms. The van der Waals surface area contributed by atoms with Crippen molar-refractivity contribution in [3.8, 4) is 5.75 Å². The molecular weight excluding hydrogens is 524 g/mol. The molecule has 3 atom stereocenters. The lowest BCUT2D eigenvalue weighted by atomic mass is 9.98. The number of carbonyl (C=O) groups excluding carboxylic acids is 2. The quantitative estimate of drug-likeness (QED) is 0.300. The maximum Gasteiger partial charge on any atom is 0.331 e. The number of amides is 3. The lowest BCUT2D eigenvalue weighted by molar-refractivity contribution is 0.0942. The Hall–Kier alpha value is -3.47. The van der Waals surface area contributed by atoms with E-state index in [2.05, 4.69) is 32.7 Å². The number of carbonyl (C=O) groups is 2. The molecule has 4 N–H and O–H groups in total. The van der Waals surface area contributed by atoms with Gasteiger partial charge in [0.15, 0.2) is 0 Å². The van der Waals surface area contributed by atoms with E-state index in [9.17, 15) is 9.59 Å². The van der Waals surface area contributed by atoms with Crippen LogP contribution in [0.2, 0.25) is 0 Å². The first-order chi connectivity index (χ1) is 19.1. The van der Waals surface area contributed by atoms with Crippen molar-refractivity contribution in [2.24, 2.45) is 11.7 Å². The van der Waals surface area contributed by atoms with Gasteiger partial charge in [-0.2, -0.15) is 0 Å². The van der Waals surface area contributed by atoms with Crippen LogP contribution in [-0.4, -0.2) is 60.6 Å². The largest absolute Gasteiger partial charge is 0.491 e. The van der Waals surface area contributed by atoms with E-state index >= 15 is 0 Å². The Labute approximate surface area is 239 Å². The topological polar surface area (TPSA) is 113 Å². The number of urea groups is 1. The van der Waals surface area contributed by atoms with Gasteiger partial charge in [0.1, 0.15) is 15.5 Å². The number of hydrogen-bond acceptors (Lipinski definition) is 7. The summed E-state index contributed by atoms with van der Waals surface area (Å²) >= 11 is 1.30. The van der Waals surface area contributed by atoms with E-state index in [0.717, 1.165) is 48.2 Å². The van der Waals surface area contributed by atoms with Gasteiger partial charge in [-0.3, -0.25) is 9.69 Å². The third-order valence-electron chi connectivity index (χ3n) is 7.41. The summed E-state index contributed by atoms with van der Waals surface area (Å²) in [6.07, 6.45) is 8.60. The van der Waals surface area contributed by atoms with E-state index in [1.807, 2.05) is 59.1 Å². The maximum atomic E-state index is 13.5. The van der Waals surface area contributed by atoms with E-state index in [4.69, 9.17) is 10.5 Å². The van der Waals surface area contributed by atoms with Crippen molar-refractivity contribution in [2.75, 3.05) is 30.9 Å². The van der Waals surface area contributed by atoms with Gasteiger partial charge in [0.2, 0.25) is 0 Å². The highest BCUT2D eigenvalue weighted by atomic mass is 32.1. The van der Waals surface area contributed by atoms with Crippen LogP contribution in [0, 0.1) is 12.8 Å². The van der Waals surface area contributed by atoms with Crippen LogP contribution in [0.3, 0.4) is 0 Å². The predicted octanol–water partition coefficient (Wildman–Crippen LogP) is 5.42. The Morgan fingerprint density at radius 2 is 2.10 bits per heavy atom. The van der Waals surface area contributed by atoms with Crippen LogP contribution in [0.4, 0.5) is 21.9 Å². The van der Waals surface area contributed by atoms with Crippen LogP contribution in [0.15, 0.2) is 42.6 Å². The lowest BCUT2D eigenvalue weighted by Crippen LogP contribution is -2.37. The molecule has 0 spiro atoms. The van der Waals surface area contributed by atoms with Gasteiger partial charge in [-0.1, -0.05) is 12.2 Å². The first-order valence-electron chi connectivity index (χ1n) is 13.8. The van der Waals surface area contributed by atoms with Gasteiger partial charge < -0.3 is 26.0 Å². The average molecular weight is 563 g/mol. The molecule has 3 amide bonds. The van der Waals surface area contributed by atoms with Crippen molar-refractivity contribution in [1.82, 2.24) is 15.2 Å². The number of anilines is 3. The van der Waals surface area contributed by atoms with Crippen LogP contribution in [-0.2, 0) is 0 Å². The molecule has 1 saturated carbocycles. The molecule has 212 valence electrons. The van der Waals surface area contributed by atoms with Gasteiger partial charge in [-0.05, 0) is 89.9 Å². The summed E-state index contributed by atoms with van der Waals surface area (Å²) in [6.45, 7) is 6.76. The predicted molar refractivity (Wildman–Crippen MR) is 162 cm³/mol. The summed E-state index contributed by atoms with van der Waals surface area (Å²) in [6, 6.07) is 7.21. The minimum atomic E-state index is -0.315. The van der Waals surface area contributed by atoms with Crippen LogP contribution in [0.1, 0.15) is 48.3 Å². The number of ether oxygens (including phenoxy) is 1. The van der Waals surface area contributed by atoms with Gasteiger partial charge in [-0.25, -0.2) is 9.78 Å². The highest BCUT2D eigenvalue weighted by molar-refractivity contribution is 7.21.